The summed E-state index contributed by atoms with van der Waals surface area (Å²) in [4.78, 5) is 3.67. The van der Waals surface area contributed by atoms with Crippen molar-refractivity contribution < 1.29 is 27.0 Å². The Bertz CT molecular complexity index is 1070. The van der Waals surface area contributed by atoms with Gasteiger partial charge in [0, 0.05) is 11.8 Å². The maximum atomic E-state index is 13.8. The van der Waals surface area contributed by atoms with Crippen LogP contribution in [0.4, 0.5) is 23.4 Å². The molecule has 3 rings (SSSR count). The smallest absolute Gasteiger partial charge is 0.417 e. The topological polar surface area (TPSA) is 55.7 Å². The average molecular weight is 498 g/mol. The molecule has 0 radical (unpaired) electrons. The highest BCUT2D eigenvalue weighted by molar-refractivity contribution is 9.10. The molecule has 3 aromatic rings. The van der Waals surface area contributed by atoms with E-state index in [0.29, 0.717) is 27.1 Å². The first kappa shape index (κ1) is 22.5. The molecule has 0 aliphatic rings. The van der Waals surface area contributed by atoms with Crippen LogP contribution in [-0.2, 0) is 12.8 Å². The summed E-state index contributed by atoms with van der Waals surface area (Å²) in [5.41, 5.74) is 2.72. The Hall–Kier alpha value is -3.14. The van der Waals surface area contributed by atoms with Gasteiger partial charge in [0.2, 0.25) is 0 Å². The molecule has 1 aromatic heterocycles. The molecular weight excluding hydrogens is 482 g/mol. The van der Waals surface area contributed by atoms with Crippen molar-refractivity contribution in [1.29, 1.82) is 0 Å². The molecule has 0 aliphatic carbocycles. The Morgan fingerprint density at radius 1 is 1.16 bits per heavy atom. The average Bonchev–Trinajstić information content (AvgIpc) is 2.73. The van der Waals surface area contributed by atoms with Gasteiger partial charge in [0.15, 0.2) is 11.5 Å². The highest BCUT2D eigenvalue weighted by Crippen LogP contribution is 2.37. The molecule has 5 nitrogen and oxygen atoms in total. The predicted octanol–water partition coefficient (Wildman–Crippen LogP) is 6.04. The third-order valence-corrected chi connectivity index (χ3v) is 4.65. The van der Waals surface area contributed by atoms with E-state index < -0.39 is 11.7 Å². The second-order valence-corrected chi connectivity index (χ2v) is 7.07. The van der Waals surface area contributed by atoms with Crippen LogP contribution in [0.1, 0.15) is 16.7 Å². The van der Waals surface area contributed by atoms with E-state index in [2.05, 4.69) is 31.4 Å². The molecule has 1 heterocycles. The number of ether oxygens (including phenoxy) is 2. The summed E-state index contributed by atoms with van der Waals surface area (Å²) in [6.07, 6.45) is -2.29. The molecule has 0 amide bonds. The number of benzene rings is 2. The first-order valence-corrected chi connectivity index (χ1v) is 9.63. The van der Waals surface area contributed by atoms with Crippen LogP contribution in [0.3, 0.4) is 0 Å². The normalized spacial score (nSPS) is 11.5. The molecular formula is C21H16BrF4N3O2. The predicted molar refractivity (Wildman–Crippen MR) is 112 cm³/mol. The minimum absolute atomic E-state index is 0.0101. The van der Waals surface area contributed by atoms with Crippen LogP contribution in [-0.4, -0.2) is 18.3 Å². The number of aromatic nitrogens is 1. The highest BCUT2D eigenvalue weighted by Gasteiger charge is 2.30. The van der Waals surface area contributed by atoms with Crippen molar-refractivity contribution in [2.24, 2.45) is 5.10 Å². The van der Waals surface area contributed by atoms with Gasteiger partial charge in [-0.05, 0) is 51.8 Å². The van der Waals surface area contributed by atoms with Gasteiger partial charge in [0.1, 0.15) is 18.2 Å². The Kier molecular flexibility index (Phi) is 7.11. The fourth-order valence-corrected chi connectivity index (χ4v) is 3.09. The molecule has 0 saturated heterocycles. The summed E-state index contributed by atoms with van der Waals surface area (Å²) in [5.74, 6) is 0.560. The lowest BCUT2D eigenvalue weighted by atomic mass is 10.2. The van der Waals surface area contributed by atoms with Crippen LogP contribution in [0.5, 0.6) is 11.5 Å². The zero-order chi connectivity index (χ0) is 22.4. The number of halogens is 5. The number of nitrogens with zero attached hydrogens (tertiary/aromatic N) is 2. The minimum Gasteiger partial charge on any atom is -0.493 e. The van der Waals surface area contributed by atoms with E-state index in [1.54, 1.807) is 30.3 Å². The van der Waals surface area contributed by atoms with Gasteiger partial charge in [-0.1, -0.05) is 18.2 Å². The summed E-state index contributed by atoms with van der Waals surface area (Å²) in [7, 11) is 1.46. The summed E-state index contributed by atoms with van der Waals surface area (Å²) in [6, 6.07) is 11.7. The maximum Gasteiger partial charge on any atom is 0.417 e. The molecule has 31 heavy (non-hydrogen) atoms. The lowest BCUT2D eigenvalue weighted by Gasteiger charge is -2.14. The third kappa shape index (κ3) is 5.94. The van der Waals surface area contributed by atoms with Crippen molar-refractivity contribution in [3.05, 3.63) is 81.7 Å². The molecule has 0 atom stereocenters. The molecule has 2 aromatic carbocycles. The first-order valence-electron chi connectivity index (χ1n) is 8.84. The SMILES string of the molecule is COc1cc(/C=N\Nc2ccc(C(F)(F)F)cn2)cc(Br)c1OCc1ccccc1F. The molecule has 1 N–H and O–H groups in total. The molecule has 0 unspecified atom stereocenters. The third-order valence-electron chi connectivity index (χ3n) is 4.07. The number of alkyl halides is 3. The second-order valence-electron chi connectivity index (χ2n) is 6.21. The lowest BCUT2D eigenvalue weighted by Crippen LogP contribution is -2.05. The number of rotatable bonds is 7. The highest BCUT2D eigenvalue weighted by atomic mass is 79.9. The van der Waals surface area contributed by atoms with E-state index >= 15 is 0 Å². The van der Waals surface area contributed by atoms with Crippen molar-refractivity contribution in [2.75, 3.05) is 12.5 Å². The van der Waals surface area contributed by atoms with Crippen LogP contribution < -0.4 is 14.9 Å². The van der Waals surface area contributed by atoms with Crippen molar-refractivity contribution in [3.8, 4) is 11.5 Å². The maximum absolute atomic E-state index is 13.8. The quantitative estimate of drug-likeness (QED) is 0.245. The van der Waals surface area contributed by atoms with Crippen LogP contribution in [0.15, 0.2) is 64.3 Å². The van der Waals surface area contributed by atoms with E-state index in [1.807, 2.05) is 0 Å². The Balaban J connectivity index is 1.69. The van der Waals surface area contributed by atoms with Crippen molar-refractivity contribution >= 4 is 28.0 Å². The summed E-state index contributed by atoms with van der Waals surface area (Å²) >= 11 is 3.39. The number of hydrazone groups is 1. The van der Waals surface area contributed by atoms with E-state index in [-0.39, 0.29) is 18.2 Å². The molecule has 0 fully saturated rings. The Morgan fingerprint density at radius 3 is 2.58 bits per heavy atom. The molecule has 0 saturated carbocycles. The number of nitrogens with one attached hydrogen (secondary N) is 1. The number of hydrogen-bond acceptors (Lipinski definition) is 5. The first-order chi connectivity index (χ1) is 14.8. The number of methoxy groups -OCH3 is 1. The van der Waals surface area contributed by atoms with Gasteiger partial charge in [-0.2, -0.15) is 18.3 Å². The standard InChI is InChI=1S/C21H16BrF4N3O2/c1-30-18-9-13(10-28-29-19-7-6-15(11-27-19)21(24,25)26)8-16(22)20(18)31-12-14-4-2-3-5-17(14)23/h2-11H,12H2,1H3,(H,27,29)/b28-10-. The summed E-state index contributed by atoms with van der Waals surface area (Å²) in [5, 5.41) is 3.97. The van der Waals surface area contributed by atoms with Gasteiger partial charge < -0.3 is 9.47 Å². The summed E-state index contributed by atoms with van der Waals surface area (Å²) < 4.78 is 63.1. The van der Waals surface area contributed by atoms with Gasteiger partial charge in [-0.15, -0.1) is 0 Å². The van der Waals surface area contributed by atoms with E-state index in [1.165, 1.54) is 25.5 Å². The van der Waals surface area contributed by atoms with E-state index in [0.717, 1.165) is 12.3 Å². The van der Waals surface area contributed by atoms with Gasteiger partial charge in [0.25, 0.3) is 0 Å². The van der Waals surface area contributed by atoms with Gasteiger partial charge >= 0.3 is 6.18 Å². The number of pyridine rings is 1. The summed E-state index contributed by atoms with van der Waals surface area (Å²) in [6.45, 7) is 0.0101. The molecule has 10 heteroatoms. The van der Waals surface area contributed by atoms with E-state index in [9.17, 15) is 17.6 Å². The van der Waals surface area contributed by atoms with Crippen LogP contribution >= 0.6 is 15.9 Å². The second kappa shape index (κ2) is 9.78. The number of hydrogen-bond donors (Lipinski definition) is 1. The fourth-order valence-electron chi connectivity index (χ4n) is 2.52. The van der Waals surface area contributed by atoms with E-state index in [4.69, 9.17) is 9.47 Å². The molecule has 162 valence electrons. The largest absolute Gasteiger partial charge is 0.493 e. The van der Waals surface area contributed by atoms with Crippen LogP contribution in [0.2, 0.25) is 0 Å². The van der Waals surface area contributed by atoms with Gasteiger partial charge in [0.05, 0.1) is 23.4 Å². The minimum atomic E-state index is -4.45. The zero-order valence-corrected chi connectivity index (χ0v) is 17.7. The lowest BCUT2D eigenvalue weighted by molar-refractivity contribution is -0.137. The van der Waals surface area contributed by atoms with Crippen molar-refractivity contribution in [1.82, 2.24) is 4.98 Å². The monoisotopic (exact) mass is 497 g/mol. The van der Waals surface area contributed by atoms with Gasteiger partial charge in [-0.3, -0.25) is 5.43 Å². The van der Waals surface area contributed by atoms with Gasteiger partial charge in [-0.25, -0.2) is 9.37 Å². The molecule has 0 spiro atoms. The zero-order valence-electron chi connectivity index (χ0n) is 16.1. The van der Waals surface area contributed by atoms with Crippen molar-refractivity contribution in [3.63, 3.8) is 0 Å². The Morgan fingerprint density at radius 2 is 1.94 bits per heavy atom. The number of anilines is 1. The molecule has 0 bridgehead atoms. The van der Waals surface area contributed by atoms with Crippen LogP contribution in [0.25, 0.3) is 0 Å². The Labute approximate surface area is 183 Å². The molecule has 0 aliphatic heterocycles. The van der Waals surface area contributed by atoms with Crippen LogP contribution in [0, 0.1) is 5.82 Å². The van der Waals surface area contributed by atoms with Crippen molar-refractivity contribution in [2.45, 2.75) is 12.8 Å². The fraction of sp³-hybridized carbons (Fsp3) is 0.143.